The number of carbonyl (C=O) groups is 1. The Morgan fingerprint density at radius 1 is 1.14 bits per heavy atom. The number of nitrogens with zero attached hydrogens (tertiary/aromatic N) is 1. The summed E-state index contributed by atoms with van der Waals surface area (Å²) in [6.07, 6.45) is 1.48. The van der Waals surface area contributed by atoms with Crippen molar-refractivity contribution in [1.29, 1.82) is 0 Å². The van der Waals surface area contributed by atoms with Gasteiger partial charge in [0.15, 0.2) is 0 Å². The average Bonchev–Trinajstić information content (AvgIpc) is 3.21. The molecule has 0 saturated carbocycles. The fourth-order valence-electron chi connectivity index (χ4n) is 3.12. The zero-order valence-corrected chi connectivity index (χ0v) is 16.5. The Balaban J connectivity index is 1.79. The largest absolute Gasteiger partial charge is 0.496 e. The third-order valence-electron chi connectivity index (χ3n) is 4.71. The van der Waals surface area contributed by atoms with Crippen LogP contribution in [-0.4, -0.2) is 24.0 Å². The molecule has 0 fully saturated rings. The second-order valence-corrected chi connectivity index (χ2v) is 6.93. The molecule has 1 amide bonds. The van der Waals surface area contributed by atoms with Crippen molar-refractivity contribution in [1.82, 2.24) is 4.90 Å². The molecule has 3 aromatic rings. The minimum absolute atomic E-state index is 0.0534. The molecule has 0 aliphatic carbocycles. The number of furan rings is 1. The number of nitrogens with two attached hydrogens (primary N) is 1. The molecule has 28 heavy (non-hydrogen) atoms. The third-order valence-corrected chi connectivity index (χ3v) is 4.71. The van der Waals surface area contributed by atoms with E-state index in [0.29, 0.717) is 17.9 Å². The van der Waals surface area contributed by atoms with Crippen LogP contribution in [0.25, 0.3) is 11.1 Å². The van der Waals surface area contributed by atoms with Gasteiger partial charge in [0, 0.05) is 18.2 Å². The summed E-state index contributed by atoms with van der Waals surface area (Å²) in [4.78, 5) is 14.7. The van der Waals surface area contributed by atoms with Crippen LogP contribution in [0.5, 0.6) is 5.75 Å². The number of hydrogen-bond donors (Lipinski definition) is 1. The van der Waals surface area contributed by atoms with Crippen LogP contribution >= 0.6 is 0 Å². The summed E-state index contributed by atoms with van der Waals surface area (Å²) in [7, 11) is 1.67. The lowest BCUT2D eigenvalue weighted by atomic mass is 10.0. The van der Waals surface area contributed by atoms with Gasteiger partial charge in [0.2, 0.25) is 0 Å². The number of rotatable bonds is 7. The van der Waals surface area contributed by atoms with Crippen molar-refractivity contribution in [2.45, 2.75) is 33.0 Å². The molecule has 0 bridgehead atoms. The fraction of sp³-hybridized carbons (Fsp3) is 0.261. The molecule has 3 rings (SSSR count). The van der Waals surface area contributed by atoms with Crippen LogP contribution in [0, 0.1) is 0 Å². The number of ether oxygens (including phenoxy) is 1. The molecule has 0 unspecified atom stereocenters. The van der Waals surface area contributed by atoms with E-state index in [1.807, 2.05) is 55.1 Å². The lowest BCUT2D eigenvalue weighted by Gasteiger charge is -2.26. The standard InChI is InChI=1S/C23H26N2O3/c1-16(2)25(23(26)19-12-20(13-24)28-15-19)14-17-8-10-18(11-9-17)21-6-4-5-7-22(21)27-3/h4-12,15-16H,13-14,24H2,1-3H3. The summed E-state index contributed by atoms with van der Waals surface area (Å²) < 4.78 is 10.8. The topological polar surface area (TPSA) is 68.7 Å². The van der Waals surface area contributed by atoms with Crippen molar-refractivity contribution in [2.75, 3.05) is 7.11 Å². The number of carbonyl (C=O) groups excluding carboxylic acids is 1. The molecule has 1 aromatic heterocycles. The van der Waals surface area contributed by atoms with Crippen molar-refractivity contribution >= 4 is 5.91 Å². The third kappa shape index (κ3) is 4.26. The number of benzene rings is 2. The number of hydrogen-bond acceptors (Lipinski definition) is 4. The van der Waals surface area contributed by atoms with Gasteiger partial charge < -0.3 is 19.8 Å². The number of para-hydroxylation sites is 1. The molecule has 0 saturated heterocycles. The minimum Gasteiger partial charge on any atom is -0.496 e. The first kappa shape index (κ1) is 19.7. The van der Waals surface area contributed by atoms with Gasteiger partial charge in [-0.2, -0.15) is 0 Å². The first-order chi connectivity index (χ1) is 13.5. The Kier molecular flexibility index (Phi) is 6.16. The van der Waals surface area contributed by atoms with Crippen LogP contribution in [0.15, 0.2) is 65.3 Å². The zero-order chi connectivity index (χ0) is 20.1. The average molecular weight is 378 g/mol. The Morgan fingerprint density at radius 3 is 2.46 bits per heavy atom. The van der Waals surface area contributed by atoms with Gasteiger partial charge in [-0.15, -0.1) is 0 Å². The highest BCUT2D eigenvalue weighted by Crippen LogP contribution is 2.29. The highest BCUT2D eigenvalue weighted by Gasteiger charge is 2.21. The Labute approximate surface area is 165 Å². The van der Waals surface area contributed by atoms with Gasteiger partial charge in [0.25, 0.3) is 5.91 Å². The van der Waals surface area contributed by atoms with E-state index in [0.717, 1.165) is 22.4 Å². The van der Waals surface area contributed by atoms with Gasteiger partial charge in [0.05, 0.1) is 19.2 Å². The Bertz CT molecular complexity index is 929. The molecular formula is C23H26N2O3. The van der Waals surface area contributed by atoms with Crippen molar-refractivity contribution < 1.29 is 13.9 Å². The van der Waals surface area contributed by atoms with Crippen LogP contribution in [0.2, 0.25) is 0 Å². The maximum atomic E-state index is 12.9. The molecule has 2 N–H and O–H groups in total. The van der Waals surface area contributed by atoms with Gasteiger partial charge in [-0.05, 0) is 37.1 Å². The van der Waals surface area contributed by atoms with Crippen LogP contribution in [0.1, 0.15) is 35.5 Å². The van der Waals surface area contributed by atoms with E-state index in [1.165, 1.54) is 6.26 Å². The lowest BCUT2D eigenvalue weighted by molar-refractivity contribution is 0.0689. The molecule has 0 spiro atoms. The van der Waals surface area contributed by atoms with Gasteiger partial charge in [0.1, 0.15) is 17.8 Å². The predicted octanol–water partition coefficient (Wildman–Crippen LogP) is 4.46. The number of methoxy groups -OCH3 is 1. The van der Waals surface area contributed by atoms with Crippen molar-refractivity contribution in [3.8, 4) is 16.9 Å². The molecule has 5 heteroatoms. The van der Waals surface area contributed by atoms with E-state index < -0.39 is 0 Å². The molecule has 5 nitrogen and oxygen atoms in total. The van der Waals surface area contributed by atoms with Crippen LogP contribution in [0.3, 0.4) is 0 Å². The second kappa shape index (κ2) is 8.76. The van der Waals surface area contributed by atoms with Crippen LogP contribution < -0.4 is 10.5 Å². The monoisotopic (exact) mass is 378 g/mol. The molecule has 1 heterocycles. The Hall–Kier alpha value is -3.05. The molecule has 146 valence electrons. The van der Waals surface area contributed by atoms with E-state index in [4.69, 9.17) is 14.9 Å². The van der Waals surface area contributed by atoms with E-state index in [9.17, 15) is 4.79 Å². The van der Waals surface area contributed by atoms with Gasteiger partial charge in [-0.3, -0.25) is 4.79 Å². The van der Waals surface area contributed by atoms with Crippen molar-refractivity contribution in [3.63, 3.8) is 0 Å². The SMILES string of the molecule is COc1ccccc1-c1ccc(CN(C(=O)c2coc(CN)c2)C(C)C)cc1. The molecule has 0 atom stereocenters. The maximum Gasteiger partial charge on any atom is 0.257 e. The Morgan fingerprint density at radius 2 is 1.86 bits per heavy atom. The second-order valence-electron chi connectivity index (χ2n) is 6.93. The normalized spacial score (nSPS) is 10.9. The van der Waals surface area contributed by atoms with Crippen LogP contribution in [-0.2, 0) is 13.1 Å². The van der Waals surface area contributed by atoms with Gasteiger partial charge in [-0.1, -0.05) is 42.5 Å². The molecular weight excluding hydrogens is 352 g/mol. The fourth-order valence-corrected chi connectivity index (χ4v) is 3.12. The van der Waals surface area contributed by atoms with Gasteiger partial charge >= 0.3 is 0 Å². The molecule has 0 aliphatic rings. The van der Waals surface area contributed by atoms with Crippen LogP contribution in [0.4, 0.5) is 0 Å². The zero-order valence-electron chi connectivity index (χ0n) is 16.5. The maximum absolute atomic E-state index is 12.9. The highest BCUT2D eigenvalue weighted by molar-refractivity contribution is 5.94. The summed E-state index contributed by atoms with van der Waals surface area (Å²) in [6.45, 7) is 4.81. The van der Waals surface area contributed by atoms with Crippen molar-refractivity contribution in [3.05, 3.63) is 77.7 Å². The van der Waals surface area contributed by atoms with E-state index in [2.05, 4.69) is 12.1 Å². The first-order valence-corrected chi connectivity index (χ1v) is 9.34. The van der Waals surface area contributed by atoms with E-state index in [1.54, 1.807) is 13.2 Å². The predicted molar refractivity (Wildman–Crippen MR) is 110 cm³/mol. The summed E-state index contributed by atoms with van der Waals surface area (Å²) >= 11 is 0. The lowest BCUT2D eigenvalue weighted by Crippen LogP contribution is -2.36. The quantitative estimate of drug-likeness (QED) is 0.659. The highest BCUT2D eigenvalue weighted by atomic mass is 16.5. The number of amides is 1. The van der Waals surface area contributed by atoms with E-state index in [-0.39, 0.29) is 18.5 Å². The van der Waals surface area contributed by atoms with Gasteiger partial charge in [-0.25, -0.2) is 0 Å². The summed E-state index contributed by atoms with van der Waals surface area (Å²) in [5, 5.41) is 0. The van der Waals surface area contributed by atoms with Crippen molar-refractivity contribution in [2.24, 2.45) is 5.73 Å². The summed E-state index contributed by atoms with van der Waals surface area (Å²) in [5.74, 6) is 1.38. The molecule has 0 radical (unpaired) electrons. The minimum atomic E-state index is -0.0627. The molecule has 2 aromatic carbocycles. The first-order valence-electron chi connectivity index (χ1n) is 9.34. The molecule has 0 aliphatic heterocycles. The summed E-state index contributed by atoms with van der Waals surface area (Å²) in [5.41, 5.74) is 9.28. The smallest absolute Gasteiger partial charge is 0.257 e. The van der Waals surface area contributed by atoms with E-state index >= 15 is 0 Å². The summed E-state index contributed by atoms with van der Waals surface area (Å²) in [6, 6.07) is 17.9.